The number of fused-ring (bicyclic) bond motifs is 1. The fourth-order valence-electron chi connectivity index (χ4n) is 3.48. The van der Waals surface area contributed by atoms with Crippen molar-refractivity contribution in [3.63, 3.8) is 0 Å². The number of rotatable bonds is 3. The number of para-hydroxylation sites is 2. The topological polar surface area (TPSA) is 101 Å². The Morgan fingerprint density at radius 1 is 0.933 bits per heavy atom. The zero-order valence-corrected chi connectivity index (χ0v) is 16.4. The normalized spacial score (nSPS) is 14.3. The number of hydrogen-bond donors (Lipinski definition) is 0. The van der Waals surface area contributed by atoms with Crippen molar-refractivity contribution in [3.8, 4) is 11.4 Å². The quantitative estimate of drug-likeness (QED) is 0.516. The molecule has 0 atom stereocenters. The lowest BCUT2D eigenvalue weighted by Crippen LogP contribution is -2.49. The van der Waals surface area contributed by atoms with Crippen LogP contribution in [-0.4, -0.2) is 62.1 Å². The van der Waals surface area contributed by atoms with E-state index in [9.17, 15) is 4.79 Å². The van der Waals surface area contributed by atoms with E-state index in [-0.39, 0.29) is 5.91 Å². The van der Waals surface area contributed by atoms with Crippen LogP contribution in [0, 0.1) is 6.92 Å². The SMILES string of the molecule is Cc1nc(-c2ccc(N3CCN(C(=O)c4cnc5ccccc5n4)CC3)nc2)no1. The summed E-state index contributed by atoms with van der Waals surface area (Å²) in [5.74, 6) is 1.81. The van der Waals surface area contributed by atoms with Crippen LogP contribution in [0.3, 0.4) is 0 Å². The molecule has 0 aliphatic carbocycles. The van der Waals surface area contributed by atoms with E-state index < -0.39 is 0 Å². The molecule has 1 amide bonds. The van der Waals surface area contributed by atoms with Crippen molar-refractivity contribution in [1.29, 1.82) is 0 Å². The first-order chi connectivity index (χ1) is 14.7. The molecule has 1 aliphatic rings. The minimum Gasteiger partial charge on any atom is -0.353 e. The number of piperazine rings is 1. The minimum atomic E-state index is -0.0938. The van der Waals surface area contributed by atoms with Gasteiger partial charge in [-0.1, -0.05) is 17.3 Å². The highest BCUT2D eigenvalue weighted by Gasteiger charge is 2.24. The van der Waals surface area contributed by atoms with E-state index in [0.717, 1.165) is 22.4 Å². The Balaban J connectivity index is 1.25. The van der Waals surface area contributed by atoms with E-state index >= 15 is 0 Å². The molecule has 3 aromatic heterocycles. The molecule has 0 bridgehead atoms. The first kappa shape index (κ1) is 18.2. The van der Waals surface area contributed by atoms with Crippen LogP contribution in [0.2, 0.25) is 0 Å². The highest BCUT2D eigenvalue weighted by atomic mass is 16.5. The highest BCUT2D eigenvalue weighted by molar-refractivity contribution is 5.94. The lowest BCUT2D eigenvalue weighted by molar-refractivity contribution is 0.0740. The molecule has 0 spiro atoms. The van der Waals surface area contributed by atoms with Crippen molar-refractivity contribution in [1.82, 2.24) is 30.0 Å². The third-order valence-corrected chi connectivity index (χ3v) is 5.09. The van der Waals surface area contributed by atoms with Crippen LogP contribution in [0.4, 0.5) is 5.82 Å². The van der Waals surface area contributed by atoms with Crippen molar-refractivity contribution in [2.45, 2.75) is 6.92 Å². The Kier molecular flexibility index (Phi) is 4.55. The largest absolute Gasteiger partial charge is 0.353 e. The molecule has 1 fully saturated rings. The molecule has 0 saturated carbocycles. The second-order valence-electron chi connectivity index (χ2n) is 7.07. The van der Waals surface area contributed by atoms with Crippen molar-refractivity contribution in [3.05, 3.63) is 60.4 Å². The predicted molar refractivity (Wildman–Crippen MR) is 110 cm³/mol. The molecule has 9 heteroatoms. The number of aromatic nitrogens is 5. The molecule has 0 radical (unpaired) electrons. The zero-order valence-electron chi connectivity index (χ0n) is 16.4. The Morgan fingerprint density at radius 2 is 1.73 bits per heavy atom. The molecule has 0 N–H and O–H groups in total. The molecule has 1 aliphatic heterocycles. The van der Waals surface area contributed by atoms with Gasteiger partial charge in [0.25, 0.3) is 5.91 Å². The van der Waals surface area contributed by atoms with Gasteiger partial charge in [-0.25, -0.2) is 9.97 Å². The number of hydrogen-bond acceptors (Lipinski definition) is 8. The molecule has 4 heterocycles. The van der Waals surface area contributed by atoms with E-state index in [0.29, 0.717) is 43.6 Å². The number of anilines is 1. The second-order valence-corrected chi connectivity index (χ2v) is 7.07. The van der Waals surface area contributed by atoms with Gasteiger partial charge in [-0.2, -0.15) is 4.98 Å². The first-order valence-corrected chi connectivity index (χ1v) is 9.70. The average molecular weight is 401 g/mol. The molecular weight excluding hydrogens is 382 g/mol. The van der Waals surface area contributed by atoms with Crippen molar-refractivity contribution in [2.24, 2.45) is 0 Å². The number of amides is 1. The number of aryl methyl sites for hydroxylation is 1. The number of pyridine rings is 1. The molecular formula is C21H19N7O2. The van der Waals surface area contributed by atoms with Gasteiger partial charge in [0.15, 0.2) is 0 Å². The van der Waals surface area contributed by atoms with Crippen molar-refractivity contribution < 1.29 is 9.32 Å². The summed E-state index contributed by atoms with van der Waals surface area (Å²) in [5, 5.41) is 3.91. The predicted octanol–water partition coefficient (Wildman–Crippen LogP) is 2.35. The Bertz CT molecular complexity index is 1200. The molecule has 5 rings (SSSR count). The number of nitrogens with zero attached hydrogens (tertiary/aromatic N) is 7. The maximum absolute atomic E-state index is 12.9. The number of carbonyl (C=O) groups excluding carboxylic acids is 1. The molecule has 150 valence electrons. The van der Waals surface area contributed by atoms with Gasteiger partial charge >= 0.3 is 0 Å². The van der Waals surface area contributed by atoms with E-state index in [1.165, 1.54) is 0 Å². The number of carbonyl (C=O) groups is 1. The summed E-state index contributed by atoms with van der Waals surface area (Å²) < 4.78 is 5.01. The van der Waals surface area contributed by atoms with Crippen LogP contribution in [0.25, 0.3) is 22.4 Å². The smallest absolute Gasteiger partial charge is 0.274 e. The van der Waals surface area contributed by atoms with E-state index in [4.69, 9.17) is 4.52 Å². The summed E-state index contributed by atoms with van der Waals surface area (Å²) in [6, 6.07) is 11.4. The van der Waals surface area contributed by atoms with Gasteiger partial charge in [-0.3, -0.25) is 9.78 Å². The molecule has 1 saturated heterocycles. The lowest BCUT2D eigenvalue weighted by atomic mass is 10.2. The monoisotopic (exact) mass is 401 g/mol. The maximum Gasteiger partial charge on any atom is 0.274 e. The third kappa shape index (κ3) is 3.45. The van der Waals surface area contributed by atoms with E-state index in [1.54, 1.807) is 19.3 Å². The highest BCUT2D eigenvalue weighted by Crippen LogP contribution is 2.20. The summed E-state index contributed by atoms with van der Waals surface area (Å²) in [6.07, 6.45) is 3.29. The molecule has 1 aromatic carbocycles. The van der Waals surface area contributed by atoms with Gasteiger partial charge in [0.05, 0.1) is 17.2 Å². The minimum absolute atomic E-state index is 0.0938. The number of benzene rings is 1. The fourth-order valence-corrected chi connectivity index (χ4v) is 3.48. The van der Waals surface area contributed by atoms with Gasteiger partial charge < -0.3 is 14.3 Å². The van der Waals surface area contributed by atoms with Gasteiger partial charge in [-0.15, -0.1) is 0 Å². The molecule has 30 heavy (non-hydrogen) atoms. The van der Waals surface area contributed by atoms with Crippen LogP contribution < -0.4 is 4.90 Å². The van der Waals surface area contributed by atoms with Crippen molar-refractivity contribution >= 4 is 22.8 Å². The summed E-state index contributed by atoms with van der Waals surface area (Å²) >= 11 is 0. The van der Waals surface area contributed by atoms with Crippen LogP contribution >= 0.6 is 0 Å². The third-order valence-electron chi connectivity index (χ3n) is 5.09. The second kappa shape index (κ2) is 7.51. The Labute approximate surface area is 172 Å². The zero-order chi connectivity index (χ0) is 20.5. The Hall–Kier alpha value is -3.88. The first-order valence-electron chi connectivity index (χ1n) is 9.70. The molecule has 0 unspecified atom stereocenters. The fraction of sp³-hybridized carbons (Fsp3) is 0.238. The van der Waals surface area contributed by atoms with E-state index in [2.05, 4.69) is 30.0 Å². The maximum atomic E-state index is 12.9. The Morgan fingerprint density at radius 3 is 2.43 bits per heavy atom. The van der Waals surface area contributed by atoms with Gasteiger partial charge in [0, 0.05) is 44.9 Å². The van der Waals surface area contributed by atoms with Gasteiger partial charge in [0.2, 0.25) is 11.7 Å². The van der Waals surface area contributed by atoms with Crippen LogP contribution in [0.1, 0.15) is 16.4 Å². The van der Waals surface area contributed by atoms with Crippen LogP contribution in [-0.2, 0) is 0 Å². The van der Waals surface area contributed by atoms with Gasteiger partial charge in [-0.05, 0) is 24.3 Å². The summed E-state index contributed by atoms with van der Waals surface area (Å²) in [4.78, 5) is 34.4. The lowest BCUT2D eigenvalue weighted by Gasteiger charge is -2.35. The van der Waals surface area contributed by atoms with Gasteiger partial charge in [0.1, 0.15) is 11.5 Å². The summed E-state index contributed by atoms with van der Waals surface area (Å²) in [6.45, 7) is 4.34. The van der Waals surface area contributed by atoms with Crippen LogP contribution in [0.15, 0.2) is 53.3 Å². The molecule has 4 aromatic rings. The van der Waals surface area contributed by atoms with Crippen molar-refractivity contribution in [2.75, 3.05) is 31.1 Å². The molecule has 9 nitrogen and oxygen atoms in total. The van der Waals surface area contributed by atoms with Crippen LogP contribution in [0.5, 0.6) is 0 Å². The standard InChI is InChI=1S/C21H19N7O2/c1-14-24-20(26-30-14)15-6-7-19(23-12-15)27-8-10-28(11-9-27)21(29)18-13-22-16-4-2-3-5-17(16)25-18/h2-7,12-13H,8-11H2,1H3. The van der Waals surface area contributed by atoms with E-state index in [1.807, 2.05) is 41.3 Å². The summed E-state index contributed by atoms with van der Waals surface area (Å²) in [5.41, 5.74) is 2.69. The average Bonchev–Trinajstić information content (AvgIpc) is 3.25. The summed E-state index contributed by atoms with van der Waals surface area (Å²) in [7, 11) is 0.